The molecule has 0 saturated heterocycles. The van der Waals surface area contributed by atoms with Gasteiger partial charge in [0.2, 0.25) is 0 Å². The van der Waals surface area contributed by atoms with Gasteiger partial charge in [0.25, 0.3) is 5.91 Å². The zero-order valence-corrected chi connectivity index (χ0v) is 28.2. The van der Waals surface area contributed by atoms with Gasteiger partial charge in [0.1, 0.15) is 11.5 Å². The second kappa shape index (κ2) is 11.7. The van der Waals surface area contributed by atoms with Crippen LogP contribution in [0.1, 0.15) is 82.9 Å². The van der Waals surface area contributed by atoms with E-state index in [-0.39, 0.29) is 34.9 Å². The maximum absolute atomic E-state index is 13.7. The summed E-state index contributed by atoms with van der Waals surface area (Å²) >= 11 is 2.17. The van der Waals surface area contributed by atoms with Crippen molar-refractivity contribution in [3.63, 3.8) is 0 Å². The number of hydrogen-bond donors (Lipinski definition) is 1. The van der Waals surface area contributed by atoms with Gasteiger partial charge in [-0.15, -0.1) is 0 Å². The van der Waals surface area contributed by atoms with Crippen LogP contribution < -0.4 is 14.8 Å². The Balaban J connectivity index is 1.51. The topological polar surface area (TPSA) is 90.9 Å². The predicted octanol–water partition coefficient (Wildman–Crippen LogP) is 7.72. The van der Waals surface area contributed by atoms with Gasteiger partial charge in [-0.3, -0.25) is 14.4 Å². The van der Waals surface area contributed by atoms with Crippen molar-refractivity contribution in [1.82, 2.24) is 0 Å². The lowest BCUT2D eigenvalue weighted by Crippen LogP contribution is -2.37. The van der Waals surface area contributed by atoms with Crippen LogP contribution >= 0.6 is 22.6 Å². The summed E-state index contributed by atoms with van der Waals surface area (Å²) in [6.45, 7) is 14.3. The fourth-order valence-electron chi connectivity index (χ4n) is 6.44. The number of benzene rings is 2. The number of amides is 1. The first kappa shape index (κ1) is 31.3. The average molecular weight is 698 g/mol. The number of aryl methyl sites for hydroxylation is 2. The van der Waals surface area contributed by atoms with E-state index in [0.717, 1.165) is 25.9 Å². The molecule has 5 rings (SSSR count). The normalized spacial score (nSPS) is 19.4. The first-order valence-corrected chi connectivity index (χ1v) is 15.9. The Labute approximate surface area is 267 Å². The van der Waals surface area contributed by atoms with Crippen molar-refractivity contribution >= 4 is 45.8 Å². The van der Waals surface area contributed by atoms with Crippen LogP contribution in [0.15, 0.2) is 53.0 Å². The van der Waals surface area contributed by atoms with Gasteiger partial charge >= 0.3 is 0 Å². The van der Waals surface area contributed by atoms with Gasteiger partial charge < -0.3 is 19.5 Å². The van der Waals surface area contributed by atoms with Crippen molar-refractivity contribution in [2.24, 2.45) is 10.8 Å². The maximum atomic E-state index is 13.7. The lowest BCUT2D eigenvalue weighted by Gasteiger charge is -2.42. The molecule has 2 aliphatic carbocycles. The van der Waals surface area contributed by atoms with Crippen LogP contribution in [0, 0.1) is 28.2 Å². The fourth-order valence-corrected chi connectivity index (χ4v) is 7.22. The standard InChI is InChI=1S/C35H40INO6/c1-8-41-26-13-21(12-22(36)33(26)42-18-29(40)37-23-10-9-19(2)11-20(23)3)30-31-24(38)14-34(4,5)16-27(31)43-28-17-35(6,7)15-25(39)32(28)30/h9-13,30H,8,14-18H2,1-7H3,(H,37,40). The molecule has 43 heavy (non-hydrogen) atoms. The zero-order chi connectivity index (χ0) is 31.3. The van der Waals surface area contributed by atoms with Gasteiger partial charge in [0.15, 0.2) is 29.7 Å². The molecular weight excluding hydrogens is 657 g/mol. The fraction of sp³-hybridized carbons (Fsp3) is 0.457. The molecule has 1 aliphatic heterocycles. The van der Waals surface area contributed by atoms with Gasteiger partial charge in [0, 0.05) is 48.4 Å². The Morgan fingerprint density at radius 1 is 0.930 bits per heavy atom. The van der Waals surface area contributed by atoms with Gasteiger partial charge in [-0.1, -0.05) is 45.4 Å². The van der Waals surface area contributed by atoms with Crippen LogP contribution in [0.2, 0.25) is 0 Å². The molecule has 228 valence electrons. The van der Waals surface area contributed by atoms with E-state index in [9.17, 15) is 14.4 Å². The van der Waals surface area contributed by atoms with E-state index in [1.165, 1.54) is 0 Å². The van der Waals surface area contributed by atoms with Gasteiger partial charge in [-0.05, 0) is 83.5 Å². The first-order valence-electron chi connectivity index (χ1n) is 14.8. The van der Waals surface area contributed by atoms with Crippen molar-refractivity contribution in [2.75, 3.05) is 18.5 Å². The Kier molecular flexibility index (Phi) is 8.55. The summed E-state index contributed by atoms with van der Waals surface area (Å²) in [4.78, 5) is 40.2. The highest BCUT2D eigenvalue weighted by Gasteiger charge is 2.48. The second-order valence-corrected chi connectivity index (χ2v) is 14.7. The SMILES string of the molecule is CCOc1cc(C2C3=C(CC(C)(C)CC3=O)OC3=C2C(=O)CC(C)(C)C3)cc(I)c1OCC(=O)Nc1ccc(C)cc1C. The van der Waals surface area contributed by atoms with Gasteiger partial charge in [0.05, 0.1) is 10.2 Å². The molecule has 0 fully saturated rings. The number of carbonyl (C=O) groups is 3. The summed E-state index contributed by atoms with van der Waals surface area (Å²) in [6, 6.07) is 9.64. The van der Waals surface area contributed by atoms with Crippen LogP contribution in [0.3, 0.4) is 0 Å². The van der Waals surface area contributed by atoms with E-state index in [0.29, 0.717) is 66.5 Å². The third kappa shape index (κ3) is 6.54. The number of rotatable bonds is 7. The molecular formula is C35H40INO6. The van der Waals surface area contributed by atoms with E-state index in [1.807, 2.05) is 51.1 Å². The molecule has 7 nitrogen and oxygen atoms in total. The van der Waals surface area contributed by atoms with Crippen LogP contribution in [0.25, 0.3) is 0 Å². The summed E-state index contributed by atoms with van der Waals surface area (Å²) in [7, 11) is 0. The summed E-state index contributed by atoms with van der Waals surface area (Å²) in [5.74, 6) is 1.46. The number of ether oxygens (including phenoxy) is 3. The monoisotopic (exact) mass is 697 g/mol. The smallest absolute Gasteiger partial charge is 0.262 e. The molecule has 1 heterocycles. The molecule has 0 aromatic heterocycles. The molecule has 1 amide bonds. The Morgan fingerprint density at radius 3 is 2.09 bits per heavy atom. The Hall–Kier alpha value is -3.14. The molecule has 2 aromatic carbocycles. The number of carbonyl (C=O) groups excluding carboxylic acids is 3. The van der Waals surface area contributed by atoms with Crippen LogP contribution in [0.5, 0.6) is 11.5 Å². The van der Waals surface area contributed by atoms with Crippen molar-refractivity contribution in [1.29, 1.82) is 0 Å². The van der Waals surface area contributed by atoms with E-state index in [2.05, 4.69) is 55.6 Å². The second-order valence-electron chi connectivity index (χ2n) is 13.5. The Morgan fingerprint density at radius 2 is 1.53 bits per heavy atom. The summed E-state index contributed by atoms with van der Waals surface area (Å²) in [5.41, 5.74) is 4.31. The molecule has 3 aliphatic rings. The quantitative estimate of drug-likeness (QED) is 0.298. The number of halogens is 1. The number of Topliss-reactive ketones (excluding diaryl/α,β-unsaturated/α-hetero) is 2. The highest BCUT2D eigenvalue weighted by molar-refractivity contribution is 14.1. The molecule has 0 saturated carbocycles. The zero-order valence-electron chi connectivity index (χ0n) is 26.0. The molecule has 0 unspecified atom stereocenters. The lowest BCUT2D eigenvalue weighted by atomic mass is 9.65. The minimum Gasteiger partial charge on any atom is -0.490 e. The Bertz CT molecular complexity index is 1530. The molecule has 2 aromatic rings. The number of anilines is 1. The predicted molar refractivity (Wildman–Crippen MR) is 174 cm³/mol. The highest BCUT2D eigenvalue weighted by atomic mass is 127. The largest absolute Gasteiger partial charge is 0.490 e. The summed E-state index contributed by atoms with van der Waals surface area (Å²) < 4.78 is 19.2. The van der Waals surface area contributed by atoms with Crippen molar-refractivity contribution in [2.45, 2.75) is 80.1 Å². The molecule has 8 heteroatoms. The van der Waals surface area contributed by atoms with Crippen molar-refractivity contribution in [3.8, 4) is 11.5 Å². The van der Waals surface area contributed by atoms with E-state index in [4.69, 9.17) is 14.2 Å². The van der Waals surface area contributed by atoms with Crippen LogP contribution in [0.4, 0.5) is 5.69 Å². The third-order valence-corrected chi connectivity index (χ3v) is 9.05. The molecule has 0 radical (unpaired) electrons. The molecule has 0 spiro atoms. The lowest BCUT2D eigenvalue weighted by molar-refractivity contribution is -0.120. The molecule has 1 N–H and O–H groups in total. The molecule has 0 bridgehead atoms. The average Bonchev–Trinajstić information content (AvgIpc) is 2.87. The van der Waals surface area contributed by atoms with Crippen molar-refractivity contribution in [3.05, 3.63) is 73.3 Å². The van der Waals surface area contributed by atoms with Crippen molar-refractivity contribution < 1.29 is 28.6 Å². The van der Waals surface area contributed by atoms with E-state index in [1.54, 1.807) is 0 Å². The minimum atomic E-state index is -0.541. The number of nitrogens with one attached hydrogen (secondary N) is 1. The number of ketones is 2. The number of allylic oxidation sites excluding steroid dienone is 4. The highest BCUT2D eigenvalue weighted by Crippen LogP contribution is 2.54. The summed E-state index contributed by atoms with van der Waals surface area (Å²) in [6.07, 6.45) is 2.03. The van der Waals surface area contributed by atoms with Crippen LogP contribution in [-0.4, -0.2) is 30.7 Å². The first-order chi connectivity index (χ1) is 20.2. The maximum Gasteiger partial charge on any atom is 0.262 e. The minimum absolute atomic E-state index is 0.0109. The van der Waals surface area contributed by atoms with Gasteiger partial charge in [-0.2, -0.15) is 0 Å². The summed E-state index contributed by atoms with van der Waals surface area (Å²) in [5, 5.41) is 2.92. The third-order valence-electron chi connectivity index (χ3n) is 8.25. The van der Waals surface area contributed by atoms with Crippen LogP contribution in [-0.2, 0) is 19.1 Å². The van der Waals surface area contributed by atoms with E-state index < -0.39 is 5.92 Å². The number of hydrogen-bond acceptors (Lipinski definition) is 6. The van der Waals surface area contributed by atoms with Gasteiger partial charge in [-0.25, -0.2) is 0 Å². The molecule has 0 atom stereocenters. The van der Waals surface area contributed by atoms with E-state index >= 15 is 0 Å².